The van der Waals surface area contributed by atoms with E-state index in [0.29, 0.717) is 5.56 Å². The number of nitrogens with one attached hydrogen (secondary N) is 1. The summed E-state index contributed by atoms with van der Waals surface area (Å²) < 4.78 is 4.86. The lowest BCUT2D eigenvalue weighted by Gasteiger charge is -2.22. The Morgan fingerprint density at radius 1 is 1.43 bits per heavy atom. The highest BCUT2D eigenvalue weighted by Gasteiger charge is 2.49. The molecule has 1 aromatic carbocycles. The Balaban J connectivity index is 2.34. The molecule has 0 spiro atoms. The molecule has 0 bridgehead atoms. The van der Waals surface area contributed by atoms with E-state index in [9.17, 15) is 19.7 Å². The minimum absolute atomic E-state index is 0.131. The van der Waals surface area contributed by atoms with E-state index in [1.54, 1.807) is 6.07 Å². The summed E-state index contributed by atoms with van der Waals surface area (Å²) in [5.41, 5.74) is -1.07. The number of amides is 3. The normalized spacial score (nSPS) is 21.5. The van der Waals surface area contributed by atoms with Crippen molar-refractivity contribution in [2.24, 2.45) is 0 Å². The number of carbonyl (C=O) groups is 2. The van der Waals surface area contributed by atoms with Crippen molar-refractivity contribution in [3.8, 4) is 0 Å². The lowest BCUT2D eigenvalue weighted by Crippen LogP contribution is -2.41. The molecule has 1 atom stereocenters. The van der Waals surface area contributed by atoms with Gasteiger partial charge in [0.2, 0.25) is 0 Å². The second kappa shape index (κ2) is 5.49. The van der Waals surface area contributed by atoms with Crippen molar-refractivity contribution in [1.82, 2.24) is 10.2 Å². The molecule has 1 aromatic rings. The predicted molar refractivity (Wildman–Crippen MR) is 72.6 cm³/mol. The average molecular weight is 293 g/mol. The zero-order valence-corrected chi connectivity index (χ0v) is 11.7. The van der Waals surface area contributed by atoms with E-state index in [1.165, 1.54) is 32.2 Å². The summed E-state index contributed by atoms with van der Waals surface area (Å²) in [6.45, 7) is 1.88. The molecule has 2 rings (SSSR count). The van der Waals surface area contributed by atoms with Crippen LogP contribution in [0, 0.1) is 10.1 Å². The van der Waals surface area contributed by atoms with Gasteiger partial charge in [-0.2, -0.15) is 0 Å². The van der Waals surface area contributed by atoms with Crippen LogP contribution in [0.4, 0.5) is 10.5 Å². The average Bonchev–Trinajstić information content (AvgIpc) is 2.68. The zero-order valence-electron chi connectivity index (χ0n) is 11.7. The first-order valence-corrected chi connectivity index (χ1v) is 6.28. The lowest BCUT2D eigenvalue weighted by molar-refractivity contribution is -0.385. The van der Waals surface area contributed by atoms with Crippen LogP contribution in [0.5, 0.6) is 0 Å². The van der Waals surface area contributed by atoms with Crippen molar-refractivity contribution < 1.29 is 19.2 Å². The molecular weight excluding hydrogens is 278 g/mol. The van der Waals surface area contributed by atoms with E-state index in [1.807, 2.05) is 0 Å². The van der Waals surface area contributed by atoms with Crippen molar-refractivity contribution in [2.45, 2.75) is 12.5 Å². The predicted octanol–water partition coefficient (Wildman–Crippen LogP) is 1.01. The van der Waals surface area contributed by atoms with Gasteiger partial charge in [-0.05, 0) is 12.5 Å². The van der Waals surface area contributed by atoms with Gasteiger partial charge in [-0.3, -0.25) is 19.8 Å². The van der Waals surface area contributed by atoms with Gasteiger partial charge < -0.3 is 10.1 Å². The number of methoxy groups -OCH3 is 1. The Morgan fingerprint density at radius 3 is 2.76 bits per heavy atom. The Kier molecular flexibility index (Phi) is 3.90. The van der Waals surface area contributed by atoms with Crippen molar-refractivity contribution in [2.75, 3.05) is 20.3 Å². The summed E-state index contributed by atoms with van der Waals surface area (Å²) in [4.78, 5) is 35.7. The van der Waals surface area contributed by atoms with E-state index >= 15 is 0 Å². The summed E-state index contributed by atoms with van der Waals surface area (Å²) in [5, 5.41) is 13.4. The smallest absolute Gasteiger partial charge is 0.325 e. The van der Waals surface area contributed by atoms with E-state index in [0.717, 1.165) is 4.90 Å². The molecule has 3 amide bonds. The van der Waals surface area contributed by atoms with E-state index in [4.69, 9.17) is 4.74 Å². The van der Waals surface area contributed by atoms with Gasteiger partial charge in [-0.25, -0.2) is 4.79 Å². The number of non-ortho nitro benzene ring substituents is 1. The maximum Gasteiger partial charge on any atom is 0.325 e. The van der Waals surface area contributed by atoms with E-state index in [-0.39, 0.29) is 18.8 Å². The molecule has 1 aliphatic rings. The number of hydrogen-bond donors (Lipinski definition) is 1. The molecule has 8 nitrogen and oxygen atoms in total. The van der Waals surface area contributed by atoms with Crippen LogP contribution in [-0.4, -0.2) is 42.0 Å². The first-order valence-electron chi connectivity index (χ1n) is 6.28. The molecule has 112 valence electrons. The second-order valence-corrected chi connectivity index (χ2v) is 4.81. The minimum Gasteiger partial charge on any atom is -0.383 e. The maximum absolute atomic E-state index is 12.4. The van der Waals surface area contributed by atoms with Crippen LogP contribution in [0.1, 0.15) is 12.5 Å². The number of rotatable bonds is 5. The third kappa shape index (κ3) is 2.57. The van der Waals surface area contributed by atoms with Crippen LogP contribution in [0.2, 0.25) is 0 Å². The minimum atomic E-state index is -1.31. The number of nitrogens with zero attached hydrogens (tertiary/aromatic N) is 2. The first kappa shape index (κ1) is 14.9. The molecule has 8 heteroatoms. The quantitative estimate of drug-likeness (QED) is 0.496. The number of carbonyl (C=O) groups excluding carboxylic acids is 2. The molecule has 0 aliphatic carbocycles. The van der Waals surface area contributed by atoms with Gasteiger partial charge in [0.05, 0.1) is 18.1 Å². The Labute approximate surface area is 120 Å². The molecule has 1 heterocycles. The molecule has 0 unspecified atom stereocenters. The molecular formula is C13H15N3O5. The largest absolute Gasteiger partial charge is 0.383 e. The second-order valence-electron chi connectivity index (χ2n) is 4.81. The highest BCUT2D eigenvalue weighted by atomic mass is 16.6. The van der Waals surface area contributed by atoms with Crippen LogP contribution in [0.3, 0.4) is 0 Å². The maximum atomic E-state index is 12.4. The third-order valence-corrected chi connectivity index (χ3v) is 3.43. The highest BCUT2D eigenvalue weighted by Crippen LogP contribution is 2.30. The van der Waals surface area contributed by atoms with Crippen molar-refractivity contribution in [3.05, 3.63) is 39.9 Å². The van der Waals surface area contributed by atoms with Crippen LogP contribution < -0.4 is 5.32 Å². The highest BCUT2D eigenvalue weighted by molar-refractivity contribution is 6.07. The number of imide groups is 1. The summed E-state index contributed by atoms with van der Waals surface area (Å²) in [5.74, 6) is -0.454. The summed E-state index contributed by atoms with van der Waals surface area (Å²) in [7, 11) is 1.47. The van der Waals surface area contributed by atoms with Crippen molar-refractivity contribution in [3.63, 3.8) is 0 Å². The molecule has 0 aromatic heterocycles. The first-order chi connectivity index (χ1) is 9.90. The Bertz CT molecular complexity index is 603. The van der Waals surface area contributed by atoms with Crippen molar-refractivity contribution in [1.29, 1.82) is 0 Å². The fourth-order valence-electron chi connectivity index (χ4n) is 2.21. The Hall–Kier alpha value is -2.48. The van der Waals surface area contributed by atoms with Crippen LogP contribution in [0.15, 0.2) is 24.3 Å². The molecule has 1 aliphatic heterocycles. The van der Waals surface area contributed by atoms with Gasteiger partial charge in [0, 0.05) is 19.2 Å². The SMILES string of the molecule is COCCN1C(=O)N[C@@](C)(c2cccc([N+](=O)[O-])c2)C1=O. The van der Waals surface area contributed by atoms with Crippen molar-refractivity contribution >= 4 is 17.6 Å². The third-order valence-electron chi connectivity index (χ3n) is 3.43. The molecule has 21 heavy (non-hydrogen) atoms. The number of urea groups is 1. The Morgan fingerprint density at radius 2 is 2.14 bits per heavy atom. The van der Waals surface area contributed by atoms with Gasteiger partial charge in [0.1, 0.15) is 5.54 Å². The van der Waals surface area contributed by atoms with Crippen LogP contribution >= 0.6 is 0 Å². The molecule has 0 radical (unpaired) electrons. The summed E-state index contributed by atoms with van der Waals surface area (Å²) in [6, 6.07) is 5.14. The monoisotopic (exact) mass is 293 g/mol. The molecule has 0 saturated carbocycles. The van der Waals surface area contributed by atoms with Crippen LogP contribution in [-0.2, 0) is 15.1 Å². The van der Waals surface area contributed by atoms with Gasteiger partial charge >= 0.3 is 6.03 Å². The number of nitro benzene ring substituents is 1. The van der Waals surface area contributed by atoms with E-state index < -0.39 is 22.4 Å². The van der Waals surface area contributed by atoms with Gasteiger partial charge in [0.15, 0.2) is 0 Å². The van der Waals surface area contributed by atoms with Gasteiger partial charge in [-0.15, -0.1) is 0 Å². The molecule has 1 fully saturated rings. The number of nitro groups is 1. The number of hydrogen-bond acceptors (Lipinski definition) is 5. The van der Waals surface area contributed by atoms with Gasteiger partial charge in [0.25, 0.3) is 11.6 Å². The molecule has 1 saturated heterocycles. The topological polar surface area (TPSA) is 102 Å². The number of ether oxygens (including phenoxy) is 1. The van der Waals surface area contributed by atoms with Gasteiger partial charge in [-0.1, -0.05) is 12.1 Å². The zero-order chi connectivity index (χ0) is 15.6. The standard InChI is InChI=1S/C13H15N3O5/c1-13(9-4-3-5-10(8-9)16(19)20)11(17)15(6-7-21-2)12(18)14-13/h3-5,8H,6-7H2,1-2H3,(H,14,18)/t13-/m0/s1. The lowest BCUT2D eigenvalue weighted by atomic mass is 9.91. The van der Waals surface area contributed by atoms with E-state index in [2.05, 4.69) is 5.32 Å². The fourth-order valence-corrected chi connectivity index (χ4v) is 2.21. The fraction of sp³-hybridized carbons (Fsp3) is 0.385. The number of benzene rings is 1. The molecule has 1 N–H and O–H groups in total. The van der Waals surface area contributed by atoms with Crippen LogP contribution in [0.25, 0.3) is 0 Å². The summed E-state index contributed by atoms with van der Waals surface area (Å²) in [6.07, 6.45) is 0. The summed E-state index contributed by atoms with van der Waals surface area (Å²) >= 11 is 0.